The van der Waals surface area contributed by atoms with Crippen LogP contribution < -0.4 is 10.1 Å². The smallest absolute Gasteiger partial charge is 0.407 e. The van der Waals surface area contributed by atoms with Gasteiger partial charge in [0, 0.05) is 0 Å². The zero-order chi connectivity index (χ0) is 15.5. The second-order valence-electron chi connectivity index (χ2n) is 4.81. The topological polar surface area (TPSA) is 47.6 Å². The molecule has 0 radical (unpaired) electrons. The maximum absolute atomic E-state index is 11.5. The molecule has 2 aromatic carbocycles. The number of alkyl carbamates (subject to hydrolysis) is 1. The van der Waals surface area contributed by atoms with Gasteiger partial charge in [-0.25, -0.2) is 4.79 Å². The number of benzene rings is 2. The predicted molar refractivity (Wildman–Crippen MR) is 86.1 cm³/mol. The van der Waals surface area contributed by atoms with Crippen LogP contribution in [0.3, 0.4) is 0 Å². The van der Waals surface area contributed by atoms with Crippen LogP contribution >= 0.6 is 0 Å². The Labute approximate surface area is 131 Å². The van der Waals surface area contributed by atoms with E-state index in [9.17, 15) is 4.79 Å². The Balaban J connectivity index is 1.49. The lowest BCUT2D eigenvalue weighted by Crippen LogP contribution is -2.29. The Bertz CT molecular complexity index is 493. The molecule has 0 unspecified atom stereocenters. The van der Waals surface area contributed by atoms with E-state index in [1.54, 1.807) is 0 Å². The molecule has 0 atom stereocenters. The van der Waals surface area contributed by atoms with Crippen molar-refractivity contribution in [3.8, 4) is 5.75 Å². The van der Waals surface area contributed by atoms with Crippen molar-refractivity contribution in [1.82, 2.24) is 5.32 Å². The van der Waals surface area contributed by atoms with Crippen LogP contribution in [-0.2, 0) is 11.2 Å². The van der Waals surface area contributed by atoms with Crippen LogP contribution in [0, 0.1) is 0 Å². The molecule has 4 heteroatoms. The van der Waals surface area contributed by atoms with E-state index in [-0.39, 0.29) is 0 Å². The zero-order valence-corrected chi connectivity index (χ0v) is 12.5. The summed E-state index contributed by atoms with van der Waals surface area (Å²) in [6, 6.07) is 19.6. The fourth-order valence-electron chi connectivity index (χ4n) is 1.98. The van der Waals surface area contributed by atoms with E-state index in [4.69, 9.17) is 9.47 Å². The van der Waals surface area contributed by atoms with Gasteiger partial charge in [-0.2, -0.15) is 0 Å². The summed E-state index contributed by atoms with van der Waals surface area (Å²) in [6.45, 7) is 1.26. The molecule has 1 amide bonds. The van der Waals surface area contributed by atoms with Crippen LogP contribution in [0.25, 0.3) is 0 Å². The second kappa shape index (κ2) is 9.45. The number of aryl methyl sites for hydroxylation is 1. The fourth-order valence-corrected chi connectivity index (χ4v) is 1.98. The third-order valence-electron chi connectivity index (χ3n) is 3.07. The van der Waals surface area contributed by atoms with Crippen LogP contribution in [0.1, 0.15) is 12.0 Å². The van der Waals surface area contributed by atoms with E-state index in [1.165, 1.54) is 5.56 Å². The van der Waals surface area contributed by atoms with E-state index in [0.717, 1.165) is 18.6 Å². The van der Waals surface area contributed by atoms with Crippen LogP contribution in [0.2, 0.25) is 0 Å². The molecule has 22 heavy (non-hydrogen) atoms. The second-order valence-corrected chi connectivity index (χ2v) is 4.81. The summed E-state index contributed by atoms with van der Waals surface area (Å²) in [5, 5.41) is 2.67. The Morgan fingerprint density at radius 2 is 1.59 bits per heavy atom. The van der Waals surface area contributed by atoms with Crippen molar-refractivity contribution < 1.29 is 14.3 Å². The highest BCUT2D eigenvalue weighted by molar-refractivity contribution is 5.67. The molecule has 116 valence electrons. The van der Waals surface area contributed by atoms with Crippen molar-refractivity contribution >= 4 is 6.09 Å². The summed E-state index contributed by atoms with van der Waals surface area (Å²) in [6.07, 6.45) is 1.33. The molecular weight excluding hydrogens is 278 g/mol. The van der Waals surface area contributed by atoms with Gasteiger partial charge >= 0.3 is 6.09 Å². The number of amides is 1. The van der Waals surface area contributed by atoms with Gasteiger partial charge in [-0.1, -0.05) is 48.5 Å². The summed E-state index contributed by atoms with van der Waals surface area (Å²) in [5.41, 5.74) is 1.25. The van der Waals surface area contributed by atoms with Gasteiger partial charge in [0.1, 0.15) is 12.4 Å². The molecular formula is C18H21NO3. The molecule has 0 aromatic heterocycles. The van der Waals surface area contributed by atoms with Crippen LogP contribution in [0.5, 0.6) is 5.75 Å². The van der Waals surface area contributed by atoms with Crippen molar-refractivity contribution in [2.45, 2.75) is 12.8 Å². The van der Waals surface area contributed by atoms with Crippen molar-refractivity contribution in [2.24, 2.45) is 0 Å². The molecule has 0 fully saturated rings. The number of ether oxygens (including phenoxy) is 2. The van der Waals surface area contributed by atoms with E-state index >= 15 is 0 Å². The third-order valence-corrected chi connectivity index (χ3v) is 3.07. The van der Waals surface area contributed by atoms with Crippen molar-refractivity contribution in [1.29, 1.82) is 0 Å². The first-order chi connectivity index (χ1) is 10.8. The largest absolute Gasteiger partial charge is 0.492 e. The number of hydrogen-bond donors (Lipinski definition) is 1. The van der Waals surface area contributed by atoms with Gasteiger partial charge in [-0.05, 0) is 30.5 Å². The molecule has 1 N–H and O–H groups in total. The highest BCUT2D eigenvalue weighted by atomic mass is 16.5. The zero-order valence-electron chi connectivity index (χ0n) is 12.5. The van der Waals surface area contributed by atoms with Gasteiger partial charge < -0.3 is 14.8 Å². The molecule has 0 aliphatic heterocycles. The molecule has 4 nitrogen and oxygen atoms in total. The third kappa shape index (κ3) is 6.31. The number of para-hydroxylation sites is 1. The molecule has 0 bridgehead atoms. The molecule has 2 aromatic rings. The van der Waals surface area contributed by atoms with Gasteiger partial charge in [-0.15, -0.1) is 0 Å². The van der Waals surface area contributed by atoms with Gasteiger partial charge in [0.25, 0.3) is 0 Å². The Kier molecular flexibility index (Phi) is 6.82. The van der Waals surface area contributed by atoms with Crippen molar-refractivity contribution in [2.75, 3.05) is 19.8 Å². The van der Waals surface area contributed by atoms with Gasteiger partial charge in [0.2, 0.25) is 0 Å². The van der Waals surface area contributed by atoms with Gasteiger partial charge in [0.05, 0.1) is 13.2 Å². The maximum Gasteiger partial charge on any atom is 0.407 e. The molecule has 0 saturated heterocycles. The maximum atomic E-state index is 11.5. The average Bonchev–Trinajstić information content (AvgIpc) is 2.57. The highest BCUT2D eigenvalue weighted by Gasteiger charge is 2.01. The highest BCUT2D eigenvalue weighted by Crippen LogP contribution is 2.07. The van der Waals surface area contributed by atoms with Crippen molar-refractivity contribution in [3.05, 3.63) is 66.2 Å². The summed E-state index contributed by atoms with van der Waals surface area (Å²) in [7, 11) is 0. The SMILES string of the molecule is O=C(NCCOc1ccccc1)OCCCc1ccccc1. The Morgan fingerprint density at radius 3 is 2.32 bits per heavy atom. The van der Waals surface area contributed by atoms with E-state index in [2.05, 4.69) is 17.4 Å². The monoisotopic (exact) mass is 299 g/mol. The standard InChI is InChI=1S/C18H21NO3/c20-18(19-13-15-21-17-11-5-2-6-12-17)22-14-7-10-16-8-3-1-4-9-16/h1-6,8-9,11-12H,7,10,13-15H2,(H,19,20). The molecule has 0 heterocycles. The number of rotatable bonds is 8. The number of hydrogen-bond acceptors (Lipinski definition) is 3. The van der Waals surface area contributed by atoms with E-state index in [1.807, 2.05) is 48.5 Å². The molecule has 2 rings (SSSR count). The van der Waals surface area contributed by atoms with E-state index in [0.29, 0.717) is 19.8 Å². The lowest BCUT2D eigenvalue weighted by atomic mass is 10.1. The first-order valence-corrected chi connectivity index (χ1v) is 7.47. The fraction of sp³-hybridized carbons (Fsp3) is 0.278. The Morgan fingerprint density at radius 1 is 0.909 bits per heavy atom. The Hall–Kier alpha value is -2.49. The molecule has 0 saturated carbocycles. The van der Waals surface area contributed by atoms with Gasteiger partial charge in [0.15, 0.2) is 0 Å². The average molecular weight is 299 g/mol. The first kappa shape index (κ1) is 15.9. The summed E-state index contributed by atoms with van der Waals surface area (Å²) < 4.78 is 10.6. The summed E-state index contributed by atoms with van der Waals surface area (Å²) in [5.74, 6) is 0.792. The number of carbonyl (C=O) groups is 1. The lowest BCUT2D eigenvalue weighted by molar-refractivity contribution is 0.143. The normalized spacial score (nSPS) is 10.0. The van der Waals surface area contributed by atoms with Crippen LogP contribution in [-0.4, -0.2) is 25.9 Å². The van der Waals surface area contributed by atoms with Crippen LogP contribution in [0.4, 0.5) is 4.79 Å². The first-order valence-electron chi connectivity index (χ1n) is 7.47. The minimum Gasteiger partial charge on any atom is -0.492 e. The van der Waals surface area contributed by atoms with Gasteiger partial charge in [-0.3, -0.25) is 0 Å². The lowest BCUT2D eigenvalue weighted by Gasteiger charge is -2.08. The van der Waals surface area contributed by atoms with E-state index < -0.39 is 6.09 Å². The quantitative estimate of drug-likeness (QED) is 0.760. The predicted octanol–water partition coefficient (Wildman–Crippen LogP) is 3.42. The minimum absolute atomic E-state index is 0.398. The molecule has 0 aliphatic carbocycles. The summed E-state index contributed by atoms with van der Waals surface area (Å²) in [4.78, 5) is 11.5. The van der Waals surface area contributed by atoms with Crippen LogP contribution in [0.15, 0.2) is 60.7 Å². The molecule has 0 aliphatic rings. The summed E-state index contributed by atoms with van der Waals surface area (Å²) >= 11 is 0. The number of carbonyl (C=O) groups excluding carboxylic acids is 1. The number of nitrogens with one attached hydrogen (secondary N) is 1. The minimum atomic E-state index is -0.398. The molecule has 0 spiro atoms. The van der Waals surface area contributed by atoms with Crippen molar-refractivity contribution in [3.63, 3.8) is 0 Å².